The third-order valence-corrected chi connectivity index (χ3v) is 3.41. The fourth-order valence-electron chi connectivity index (χ4n) is 1.68. The van der Waals surface area contributed by atoms with Gasteiger partial charge in [0.15, 0.2) is 0 Å². The van der Waals surface area contributed by atoms with Crippen LogP contribution in [0.3, 0.4) is 0 Å². The van der Waals surface area contributed by atoms with Crippen LogP contribution < -0.4 is 10.6 Å². The summed E-state index contributed by atoms with van der Waals surface area (Å²) in [4.78, 5) is 26.5. The molecule has 0 saturated carbocycles. The molecule has 0 unspecified atom stereocenters. The molecule has 2 amide bonds. The van der Waals surface area contributed by atoms with Crippen LogP contribution in [0.15, 0.2) is 0 Å². The zero-order valence-corrected chi connectivity index (χ0v) is 12.8. The third-order valence-electron chi connectivity index (χ3n) is 2.49. The number of thiazole rings is 1. The molecule has 0 aliphatic carbocycles. The van der Waals surface area contributed by atoms with Crippen molar-refractivity contribution in [2.45, 2.75) is 40.0 Å². The topological polar surface area (TPSA) is 91.3 Å². The molecule has 0 fully saturated rings. The number of aliphatic carboxylic acids is 1. The van der Waals surface area contributed by atoms with E-state index in [4.69, 9.17) is 5.11 Å². The number of hydrogen-bond acceptors (Lipinski definition) is 4. The van der Waals surface area contributed by atoms with Crippen LogP contribution in [0.2, 0.25) is 0 Å². The van der Waals surface area contributed by atoms with E-state index in [2.05, 4.69) is 29.5 Å². The molecule has 0 saturated heterocycles. The molecule has 0 aliphatic rings. The molecule has 3 N–H and O–H groups in total. The zero-order valence-electron chi connectivity index (χ0n) is 12.0. The van der Waals surface area contributed by atoms with E-state index in [1.54, 1.807) is 0 Å². The number of nitrogens with one attached hydrogen (secondary N) is 2. The predicted octanol–water partition coefficient (Wildman–Crippen LogP) is 2.64. The Morgan fingerprint density at radius 2 is 2.10 bits per heavy atom. The molecule has 6 nitrogen and oxygen atoms in total. The summed E-state index contributed by atoms with van der Waals surface area (Å²) in [6, 6.07) is -0.316. The monoisotopic (exact) mass is 299 g/mol. The summed E-state index contributed by atoms with van der Waals surface area (Å²) in [5, 5.41) is 15.6. The molecule has 0 bridgehead atoms. The minimum absolute atomic E-state index is 0.0541. The molecule has 1 aromatic heterocycles. The number of amides is 2. The van der Waals surface area contributed by atoms with Crippen LogP contribution in [0.4, 0.5) is 9.80 Å². The molecular weight excluding hydrogens is 278 g/mol. The largest absolute Gasteiger partial charge is 0.481 e. The Morgan fingerprint density at radius 3 is 2.70 bits per heavy atom. The third kappa shape index (κ3) is 6.01. The van der Waals surface area contributed by atoms with Gasteiger partial charge in [-0.1, -0.05) is 13.8 Å². The number of nitrogens with zero attached hydrogens (tertiary/aromatic N) is 1. The van der Waals surface area contributed by atoms with Crippen molar-refractivity contribution in [2.24, 2.45) is 5.92 Å². The Morgan fingerprint density at radius 1 is 1.40 bits per heavy atom. The lowest BCUT2D eigenvalue weighted by Gasteiger charge is -2.08. The molecule has 0 spiro atoms. The Balaban J connectivity index is 2.46. The highest BCUT2D eigenvalue weighted by Crippen LogP contribution is 2.26. The van der Waals surface area contributed by atoms with Crippen LogP contribution in [-0.4, -0.2) is 28.6 Å². The van der Waals surface area contributed by atoms with Gasteiger partial charge in [0.1, 0.15) is 5.00 Å². The summed E-state index contributed by atoms with van der Waals surface area (Å²) in [6.07, 6.45) is 1.29. The number of aromatic nitrogens is 1. The second kappa shape index (κ2) is 7.84. The fraction of sp³-hybridized carbons (Fsp3) is 0.615. The van der Waals surface area contributed by atoms with Gasteiger partial charge in [-0.15, -0.1) is 11.3 Å². The van der Waals surface area contributed by atoms with E-state index in [0.717, 1.165) is 22.1 Å². The average molecular weight is 299 g/mol. The van der Waals surface area contributed by atoms with Crippen molar-refractivity contribution < 1.29 is 14.7 Å². The molecule has 0 aliphatic heterocycles. The maximum absolute atomic E-state index is 11.7. The molecule has 0 atom stereocenters. The molecule has 0 aromatic carbocycles. The number of carbonyl (C=O) groups excluding carboxylic acids is 1. The number of rotatable bonds is 7. The second-order valence-corrected chi connectivity index (χ2v) is 6.19. The zero-order chi connectivity index (χ0) is 15.1. The summed E-state index contributed by atoms with van der Waals surface area (Å²) in [5.74, 6) is -0.389. The van der Waals surface area contributed by atoms with Crippen molar-refractivity contribution in [1.29, 1.82) is 0 Å². The summed E-state index contributed by atoms with van der Waals surface area (Å²) >= 11 is 1.45. The van der Waals surface area contributed by atoms with Gasteiger partial charge in [0.2, 0.25) is 0 Å². The van der Waals surface area contributed by atoms with Gasteiger partial charge in [0, 0.05) is 13.0 Å². The average Bonchev–Trinajstić information content (AvgIpc) is 2.64. The van der Waals surface area contributed by atoms with Crippen LogP contribution in [-0.2, 0) is 11.2 Å². The predicted molar refractivity (Wildman–Crippen MR) is 79.3 cm³/mol. The molecule has 0 radical (unpaired) electrons. The smallest absolute Gasteiger partial charge is 0.319 e. The van der Waals surface area contributed by atoms with Crippen molar-refractivity contribution in [3.8, 4) is 0 Å². The van der Waals surface area contributed by atoms with E-state index in [1.807, 2.05) is 6.92 Å². The summed E-state index contributed by atoms with van der Waals surface area (Å²) in [6.45, 7) is 6.45. The first-order valence-electron chi connectivity index (χ1n) is 6.61. The Hall–Kier alpha value is -1.63. The van der Waals surface area contributed by atoms with Gasteiger partial charge in [-0.2, -0.15) is 0 Å². The Labute approximate surface area is 122 Å². The fourth-order valence-corrected chi connectivity index (χ4v) is 2.52. The lowest BCUT2D eigenvalue weighted by molar-refractivity contribution is -0.137. The van der Waals surface area contributed by atoms with Gasteiger partial charge in [-0.25, -0.2) is 9.78 Å². The van der Waals surface area contributed by atoms with Crippen molar-refractivity contribution >= 4 is 28.3 Å². The lowest BCUT2D eigenvalue weighted by atomic mass is 10.1. The van der Waals surface area contributed by atoms with Gasteiger partial charge in [0.05, 0.1) is 10.7 Å². The first kappa shape index (κ1) is 16.4. The minimum Gasteiger partial charge on any atom is -0.481 e. The van der Waals surface area contributed by atoms with Crippen molar-refractivity contribution in [2.75, 3.05) is 11.9 Å². The van der Waals surface area contributed by atoms with E-state index >= 15 is 0 Å². The van der Waals surface area contributed by atoms with Crippen molar-refractivity contribution in [3.63, 3.8) is 0 Å². The van der Waals surface area contributed by atoms with Gasteiger partial charge < -0.3 is 10.4 Å². The lowest BCUT2D eigenvalue weighted by Crippen LogP contribution is -2.29. The number of urea groups is 1. The number of hydrogen-bond donors (Lipinski definition) is 3. The highest BCUT2D eigenvalue weighted by molar-refractivity contribution is 7.16. The molecule has 7 heteroatoms. The summed E-state index contributed by atoms with van der Waals surface area (Å²) in [5.41, 5.74) is 0.906. The SMILES string of the molecule is Cc1nc(CC(C)C)c(NC(=O)NCCCC(=O)O)s1. The molecular formula is C13H21N3O3S. The Kier molecular flexibility index (Phi) is 6.44. The van der Waals surface area contributed by atoms with Gasteiger partial charge >= 0.3 is 12.0 Å². The van der Waals surface area contributed by atoms with Crippen LogP contribution in [0.1, 0.15) is 37.4 Å². The van der Waals surface area contributed by atoms with Crippen LogP contribution >= 0.6 is 11.3 Å². The summed E-state index contributed by atoms with van der Waals surface area (Å²) < 4.78 is 0. The number of aryl methyl sites for hydroxylation is 1. The number of carboxylic acid groups (broad SMARTS) is 1. The van der Waals surface area contributed by atoms with E-state index in [9.17, 15) is 9.59 Å². The van der Waals surface area contributed by atoms with E-state index < -0.39 is 5.97 Å². The van der Waals surface area contributed by atoms with E-state index in [1.165, 1.54) is 11.3 Å². The highest BCUT2D eigenvalue weighted by atomic mass is 32.1. The molecule has 112 valence electrons. The van der Waals surface area contributed by atoms with Gasteiger partial charge in [0.25, 0.3) is 0 Å². The maximum atomic E-state index is 11.7. The maximum Gasteiger partial charge on any atom is 0.319 e. The second-order valence-electron chi connectivity index (χ2n) is 4.98. The first-order chi connectivity index (χ1) is 9.38. The number of carboxylic acids is 1. The van der Waals surface area contributed by atoms with Gasteiger partial charge in [-0.05, 0) is 25.7 Å². The van der Waals surface area contributed by atoms with Gasteiger partial charge in [-0.3, -0.25) is 10.1 Å². The van der Waals surface area contributed by atoms with E-state index in [0.29, 0.717) is 18.9 Å². The molecule has 1 aromatic rings. The number of carbonyl (C=O) groups is 2. The molecule has 1 rings (SSSR count). The van der Waals surface area contributed by atoms with Crippen molar-refractivity contribution in [1.82, 2.24) is 10.3 Å². The Bertz CT molecular complexity index is 471. The van der Waals surface area contributed by atoms with Crippen molar-refractivity contribution in [3.05, 3.63) is 10.7 Å². The standard InChI is InChI=1S/C13H21N3O3S/c1-8(2)7-10-12(20-9(3)15-10)16-13(19)14-6-4-5-11(17)18/h8H,4-7H2,1-3H3,(H,17,18)(H2,14,16,19). The van der Waals surface area contributed by atoms with Crippen LogP contribution in [0, 0.1) is 12.8 Å². The molecule has 1 heterocycles. The minimum atomic E-state index is -0.857. The van der Waals surface area contributed by atoms with Crippen LogP contribution in [0.5, 0.6) is 0 Å². The quantitative estimate of drug-likeness (QED) is 0.675. The van der Waals surface area contributed by atoms with E-state index in [-0.39, 0.29) is 12.5 Å². The van der Waals surface area contributed by atoms with Crippen LogP contribution in [0.25, 0.3) is 0 Å². The molecule has 20 heavy (non-hydrogen) atoms. The summed E-state index contributed by atoms with van der Waals surface area (Å²) in [7, 11) is 0. The first-order valence-corrected chi connectivity index (χ1v) is 7.43. The number of anilines is 1. The highest BCUT2D eigenvalue weighted by Gasteiger charge is 2.13. The normalized spacial score (nSPS) is 10.6.